The average Bonchev–Trinajstić information content (AvgIpc) is 3.44. The minimum absolute atomic E-state index is 0.102. The molecule has 7 heteroatoms. The highest BCUT2D eigenvalue weighted by Crippen LogP contribution is 2.34. The van der Waals surface area contributed by atoms with Gasteiger partial charge in [-0.25, -0.2) is 18.2 Å². The molecule has 1 aliphatic rings. The van der Waals surface area contributed by atoms with Gasteiger partial charge >= 0.3 is 0 Å². The Hall–Kier alpha value is -2.67. The topological polar surface area (TPSA) is 61.8 Å². The molecule has 0 bridgehead atoms. The van der Waals surface area contributed by atoms with Gasteiger partial charge in [-0.3, -0.25) is 4.98 Å². The minimum atomic E-state index is -2.99. The van der Waals surface area contributed by atoms with E-state index in [-0.39, 0.29) is 12.0 Å². The number of aliphatic hydroxyl groups is 1. The van der Waals surface area contributed by atoms with E-state index in [9.17, 15) is 18.3 Å². The Morgan fingerprint density at radius 3 is 2.44 bits per heavy atom. The summed E-state index contributed by atoms with van der Waals surface area (Å²) in [7, 11) is 0. The van der Waals surface area contributed by atoms with Gasteiger partial charge < -0.3 is 10.1 Å². The van der Waals surface area contributed by atoms with Gasteiger partial charge in [0.1, 0.15) is 11.6 Å². The summed E-state index contributed by atoms with van der Waals surface area (Å²) in [5.41, 5.74) is 0.793. The number of aryl methyl sites for hydroxylation is 1. The SMILES string of the molecule is CCc1nc(CC(O)(c2ccc(-c3ccc(F)cn3)cc2)C(F)F)[nH]c1CC1CCCC1. The van der Waals surface area contributed by atoms with Crippen LogP contribution in [0.1, 0.15) is 55.4 Å². The van der Waals surface area contributed by atoms with Crippen molar-refractivity contribution in [2.45, 2.75) is 63.9 Å². The third-order valence-electron chi connectivity index (χ3n) is 6.42. The molecule has 1 aliphatic carbocycles. The zero-order valence-electron chi connectivity index (χ0n) is 18.1. The largest absolute Gasteiger partial charge is 0.379 e. The van der Waals surface area contributed by atoms with Gasteiger partial charge in [0.15, 0.2) is 5.60 Å². The normalized spacial score (nSPS) is 16.6. The number of aromatic amines is 1. The number of aromatic nitrogens is 3. The predicted octanol–water partition coefficient (Wildman–Crippen LogP) is 5.60. The van der Waals surface area contributed by atoms with E-state index >= 15 is 0 Å². The first-order valence-electron chi connectivity index (χ1n) is 11.2. The van der Waals surface area contributed by atoms with Crippen LogP contribution < -0.4 is 0 Å². The number of H-pyrrole nitrogens is 1. The molecule has 4 rings (SSSR count). The van der Waals surface area contributed by atoms with Gasteiger partial charge in [-0.05, 0) is 36.5 Å². The molecule has 0 saturated heterocycles. The lowest BCUT2D eigenvalue weighted by Gasteiger charge is -2.27. The fourth-order valence-corrected chi connectivity index (χ4v) is 4.59. The number of nitrogens with one attached hydrogen (secondary N) is 1. The van der Waals surface area contributed by atoms with Gasteiger partial charge in [-0.15, -0.1) is 0 Å². The van der Waals surface area contributed by atoms with E-state index in [1.165, 1.54) is 49.9 Å². The summed E-state index contributed by atoms with van der Waals surface area (Å²) in [6.45, 7) is 2.00. The summed E-state index contributed by atoms with van der Waals surface area (Å²) in [6.07, 6.45) is 4.24. The maximum Gasteiger partial charge on any atom is 0.271 e. The number of pyridine rings is 1. The Balaban J connectivity index is 1.57. The summed E-state index contributed by atoms with van der Waals surface area (Å²) in [6, 6.07) is 8.95. The molecule has 170 valence electrons. The van der Waals surface area contributed by atoms with Gasteiger partial charge in [0.2, 0.25) is 0 Å². The highest BCUT2D eigenvalue weighted by molar-refractivity contribution is 5.59. The molecule has 0 spiro atoms. The van der Waals surface area contributed by atoms with Crippen molar-refractivity contribution in [1.29, 1.82) is 0 Å². The number of benzene rings is 1. The van der Waals surface area contributed by atoms with Crippen LogP contribution in [0.25, 0.3) is 11.3 Å². The molecular weight excluding hydrogens is 415 g/mol. The Bertz CT molecular complexity index is 1030. The van der Waals surface area contributed by atoms with Crippen LogP contribution in [0.15, 0.2) is 42.6 Å². The number of hydrogen-bond acceptors (Lipinski definition) is 3. The second kappa shape index (κ2) is 9.45. The van der Waals surface area contributed by atoms with Crippen molar-refractivity contribution < 1.29 is 18.3 Å². The standard InChI is InChI=1S/C25H28F3N3O/c1-2-20-22(13-16-5-3-4-6-16)31-23(30-20)14-25(32,24(27)28)18-9-7-17(8-10-18)21-12-11-19(26)15-29-21/h7-12,15-16,24,32H,2-6,13-14H2,1H3,(H,30,31). The third kappa shape index (κ3) is 4.72. The van der Waals surface area contributed by atoms with E-state index in [1.54, 1.807) is 12.1 Å². The van der Waals surface area contributed by atoms with E-state index in [1.807, 2.05) is 6.92 Å². The van der Waals surface area contributed by atoms with Gasteiger partial charge in [-0.2, -0.15) is 0 Å². The molecule has 0 radical (unpaired) electrons. The lowest BCUT2D eigenvalue weighted by molar-refractivity contribution is -0.102. The smallest absolute Gasteiger partial charge is 0.271 e. The summed E-state index contributed by atoms with van der Waals surface area (Å²) in [5, 5.41) is 11.0. The molecule has 32 heavy (non-hydrogen) atoms. The molecular formula is C25H28F3N3O. The number of alkyl halides is 2. The Morgan fingerprint density at radius 1 is 1.12 bits per heavy atom. The number of rotatable bonds is 8. The molecule has 1 aromatic carbocycles. The van der Waals surface area contributed by atoms with Gasteiger partial charge in [0, 0.05) is 17.7 Å². The molecule has 4 nitrogen and oxygen atoms in total. The first kappa shape index (κ1) is 22.5. The van der Waals surface area contributed by atoms with Gasteiger partial charge in [0.25, 0.3) is 6.43 Å². The van der Waals surface area contributed by atoms with Crippen LogP contribution in [0.5, 0.6) is 0 Å². The number of imidazole rings is 1. The Labute approximate surface area is 185 Å². The molecule has 2 N–H and O–H groups in total. The summed E-state index contributed by atoms with van der Waals surface area (Å²) in [4.78, 5) is 11.8. The molecule has 3 aromatic rings. The highest BCUT2D eigenvalue weighted by atomic mass is 19.3. The minimum Gasteiger partial charge on any atom is -0.379 e. The maximum atomic E-state index is 14.1. The number of halogens is 3. The van der Waals surface area contributed by atoms with E-state index in [4.69, 9.17) is 0 Å². The van der Waals surface area contributed by atoms with Crippen LogP contribution in [0.2, 0.25) is 0 Å². The van der Waals surface area contributed by atoms with Crippen molar-refractivity contribution in [1.82, 2.24) is 15.0 Å². The van der Waals surface area contributed by atoms with Crippen molar-refractivity contribution in [2.75, 3.05) is 0 Å². The Kier molecular flexibility index (Phi) is 6.65. The lowest BCUT2D eigenvalue weighted by atomic mass is 9.89. The number of hydrogen-bond donors (Lipinski definition) is 2. The van der Waals surface area contributed by atoms with Crippen molar-refractivity contribution in [3.63, 3.8) is 0 Å². The molecule has 0 aliphatic heterocycles. The lowest BCUT2D eigenvalue weighted by Crippen LogP contribution is -2.37. The van der Waals surface area contributed by atoms with Crippen LogP contribution in [0, 0.1) is 11.7 Å². The van der Waals surface area contributed by atoms with Gasteiger partial charge in [0.05, 0.1) is 17.6 Å². The predicted molar refractivity (Wildman–Crippen MR) is 117 cm³/mol. The first-order chi connectivity index (χ1) is 15.4. The zero-order chi connectivity index (χ0) is 22.7. The van der Waals surface area contributed by atoms with Crippen LogP contribution in [0.4, 0.5) is 13.2 Å². The quantitative estimate of drug-likeness (QED) is 0.476. The molecule has 2 heterocycles. The van der Waals surface area contributed by atoms with Crippen molar-refractivity contribution in [2.24, 2.45) is 5.92 Å². The maximum absolute atomic E-state index is 14.1. The van der Waals surface area contributed by atoms with Crippen molar-refractivity contribution in [3.8, 4) is 11.3 Å². The fraction of sp³-hybridized carbons (Fsp3) is 0.440. The monoisotopic (exact) mass is 443 g/mol. The van der Waals surface area contributed by atoms with Crippen LogP contribution in [-0.2, 0) is 24.9 Å². The van der Waals surface area contributed by atoms with Crippen molar-refractivity contribution in [3.05, 3.63) is 71.2 Å². The van der Waals surface area contributed by atoms with Crippen LogP contribution >= 0.6 is 0 Å². The third-order valence-corrected chi connectivity index (χ3v) is 6.42. The highest BCUT2D eigenvalue weighted by Gasteiger charge is 2.41. The molecule has 1 atom stereocenters. The van der Waals surface area contributed by atoms with E-state index < -0.39 is 17.8 Å². The van der Waals surface area contributed by atoms with E-state index in [0.29, 0.717) is 29.4 Å². The van der Waals surface area contributed by atoms with E-state index in [2.05, 4.69) is 15.0 Å². The fourth-order valence-electron chi connectivity index (χ4n) is 4.59. The molecule has 1 saturated carbocycles. The second-order valence-corrected chi connectivity index (χ2v) is 8.66. The average molecular weight is 444 g/mol. The van der Waals surface area contributed by atoms with Crippen LogP contribution in [0.3, 0.4) is 0 Å². The summed E-state index contributed by atoms with van der Waals surface area (Å²) in [5.74, 6) is 0.534. The molecule has 1 unspecified atom stereocenters. The van der Waals surface area contributed by atoms with Crippen molar-refractivity contribution >= 4 is 0 Å². The van der Waals surface area contributed by atoms with Gasteiger partial charge in [-0.1, -0.05) is 56.9 Å². The van der Waals surface area contributed by atoms with E-state index in [0.717, 1.165) is 24.0 Å². The Morgan fingerprint density at radius 2 is 1.84 bits per heavy atom. The molecule has 1 fully saturated rings. The second-order valence-electron chi connectivity index (χ2n) is 8.66. The number of nitrogens with zero attached hydrogens (tertiary/aromatic N) is 2. The summed E-state index contributed by atoms with van der Waals surface area (Å²) >= 11 is 0. The molecule has 2 aromatic heterocycles. The molecule has 0 amide bonds. The summed E-state index contributed by atoms with van der Waals surface area (Å²) < 4.78 is 41.3. The van der Waals surface area contributed by atoms with Crippen LogP contribution in [-0.4, -0.2) is 26.5 Å². The first-order valence-corrected chi connectivity index (χ1v) is 11.2. The zero-order valence-corrected chi connectivity index (χ0v) is 18.1.